The number of likely N-dealkylation sites (tertiary alicyclic amines) is 1. The van der Waals surface area contributed by atoms with Crippen molar-refractivity contribution < 1.29 is 24.2 Å². The standard InChI is InChI=1S/C16H30N2O5Si/c1-5-24(6-2,7-3)23-11(4)14-13-9-8-12(18(13)16(21)22)10-17(14)15(19)20/h11-14H,5-10H2,1-4H3,(H,19,20)(H,21,22)/t11-,12+,13-,14+/m0/s1. The van der Waals surface area contributed by atoms with Gasteiger partial charge in [0.25, 0.3) is 0 Å². The SMILES string of the molecule is CC[Si](CC)(CC)O[C@@H](C)[C@@H]1[C@@H]2CC[C@H](CN1C(=O)O)N2C(=O)O. The van der Waals surface area contributed by atoms with Crippen molar-refractivity contribution in [1.82, 2.24) is 9.80 Å². The summed E-state index contributed by atoms with van der Waals surface area (Å²) in [5.74, 6) is 0. The van der Waals surface area contributed by atoms with Gasteiger partial charge in [0.2, 0.25) is 0 Å². The number of fused-ring (bicyclic) bond motifs is 2. The summed E-state index contributed by atoms with van der Waals surface area (Å²) in [7, 11) is -1.89. The van der Waals surface area contributed by atoms with Gasteiger partial charge >= 0.3 is 12.2 Å². The molecule has 0 aromatic heterocycles. The van der Waals surface area contributed by atoms with Crippen LogP contribution in [0.5, 0.6) is 0 Å². The van der Waals surface area contributed by atoms with E-state index in [1.807, 2.05) is 6.92 Å². The van der Waals surface area contributed by atoms with Crippen LogP contribution in [0.25, 0.3) is 0 Å². The van der Waals surface area contributed by atoms with E-state index < -0.39 is 26.5 Å². The lowest BCUT2D eigenvalue weighted by molar-refractivity contribution is -0.0179. The van der Waals surface area contributed by atoms with E-state index >= 15 is 0 Å². The molecule has 2 rings (SSSR count). The zero-order chi connectivity index (χ0) is 18.1. The lowest BCUT2D eigenvalue weighted by atomic mass is 9.99. The topological polar surface area (TPSA) is 90.3 Å². The average molecular weight is 359 g/mol. The molecule has 0 spiro atoms. The van der Waals surface area contributed by atoms with Crippen molar-refractivity contribution in [2.75, 3.05) is 6.54 Å². The molecule has 0 aromatic carbocycles. The molecule has 2 N–H and O–H groups in total. The lowest BCUT2D eigenvalue weighted by Crippen LogP contribution is -2.66. The van der Waals surface area contributed by atoms with Gasteiger partial charge < -0.3 is 14.6 Å². The van der Waals surface area contributed by atoms with Crippen LogP contribution in [0.1, 0.15) is 40.5 Å². The molecular weight excluding hydrogens is 328 g/mol. The van der Waals surface area contributed by atoms with Crippen LogP contribution in [0.4, 0.5) is 9.59 Å². The van der Waals surface area contributed by atoms with Gasteiger partial charge in [-0.2, -0.15) is 0 Å². The van der Waals surface area contributed by atoms with Gasteiger partial charge in [0, 0.05) is 6.54 Å². The molecule has 0 aromatic rings. The first-order chi connectivity index (χ1) is 11.3. The molecule has 2 bridgehead atoms. The first kappa shape index (κ1) is 19.0. The third-order valence-corrected chi connectivity index (χ3v) is 10.8. The van der Waals surface area contributed by atoms with E-state index in [4.69, 9.17) is 4.43 Å². The molecule has 8 heteroatoms. The molecular formula is C16H30N2O5Si. The van der Waals surface area contributed by atoms with Gasteiger partial charge in [0.05, 0.1) is 24.2 Å². The van der Waals surface area contributed by atoms with Crippen LogP contribution in [0.15, 0.2) is 0 Å². The highest BCUT2D eigenvalue weighted by Crippen LogP contribution is 2.37. The fraction of sp³-hybridized carbons (Fsp3) is 0.875. The molecule has 138 valence electrons. The number of nitrogens with zero attached hydrogens (tertiary/aromatic N) is 2. The van der Waals surface area contributed by atoms with E-state index in [-0.39, 0.29) is 24.7 Å². The van der Waals surface area contributed by atoms with E-state index in [9.17, 15) is 19.8 Å². The lowest BCUT2D eigenvalue weighted by Gasteiger charge is -2.48. The third-order valence-electron chi connectivity index (χ3n) is 6.02. The van der Waals surface area contributed by atoms with Crippen molar-refractivity contribution in [3.63, 3.8) is 0 Å². The van der Waals surface area contributed by atoms with Crippen LogP contribution >= 0.6 is 0 Å². The Kier molecular flexibility index (Phi) is 5.80. The van der Waals surface area contributed by atoms with E-state index in [0.717, 1.165) is 24.6 Å². The predicted molar refractivity (Wildman–Crippen MR) is 92.9 cm³/mol. The van der Waals surface area contributed by atoms with E-state index in [1.54, 1.807) is 0 Å². The van der Waals surface area contributed by atoms with E-state index in [1.165, 1.54) is 9.80 Å². The molecule has 2 aliphatic rings. The summed E-state index contributed by atoms with van der Waals surface area (Å²) in [5, 5.41) is 19.2. The van der Waals surface area contributed by atoms with Crippen molar-refractivity contribution in [2.24, 2.45) is 0 Å². The van der Waals surface area contributed by atoms with Crippen molar-refractivity contribution in [1.29, 1.82) is 0 Å². The Balaban J connectivity index is 2.28. The van der Waals surface area contributed by atoms with Crippen LogP contribution in [-0.4, -0.2) is 71.3 Å². The van der Waals surface area contributed by atoms with Crippen LogP contribution in [0.2, 0.25) is 18.1 Å². The Bertz CT molecular complexity index is 477. The Hall–Kier alpha value is -1.28. The molecule has 0 unspecified atom stereocenters. The highest BCUT2D eigenvalue weighted by atomic mass is 28.4. The molecule has 2 saturated heterocycles. The number of rotatable bonds is 6. The zero-order valence-electron chi connectivity index (χ0n) is 15.1. The Morgan fingerprint density at radius 1 is 1.12 bits per heavy atom. The normalized spacial score (nSPS) is 28.1. The Morgan fingerprint density at radius 2 is 1.71 bits per heavy atom. The molecule has 24 heavy (non-hydrogen) atoms. The maximum atomic E-state index is 11.8. The van der Waals surface area contributed by atoms with Gasteiger partial charge in [-0.3, -0.25) is 9.80 Å². The number of amides is 2. The number of carbonyl (C=O) groups is 2. The van der Waals surface area contributed by atoms with Gasteiger partial charge in [-0.1, -0.05) is 20.8 Å². The zero-order valence-corrected chi connectivity index (χ0v) is 16.1. The summed E-state index contributed by atoms with van der Waals surface area (Å²) >= 11 is 0. The molecule has 4 atom stereocenters. The second kappa shape index (κ2) is 7.31. The minimum absolute atomic E-state index is 0.224. The summed E-state index contributed by atoms with van der Waals surface area (Å²) in [6.07, 6.45) is -0.790. The molecule has 2 fully saturated rings. The Labute approximate surface area is 144 Å². The fourth-order valence-corrected chi connectivity index (χ4v) is 7.45. The summed E-state index contributed by atoms with van der Waals surface area (Å²) in [6.45, 7) is 8.57. The smallest absolute Gasteiger partial charge is 0.407 e. The van der Waals surface area contributed by atoms with Crippen molar-refractivity contribution in [3.05, 3.63) is 0 Å². The van der Waals surface area contributed by atoms with Crippen LogP contribution in [0.3, 0.4) is 0 Å². The number of hydrogen-bond acceptors (Lipinski definition) is 3. The molecule has 2 heterocycles. The molecule has 2 amide bonds. The number of hydrogen-bond donors (Lipinski definition) is 2. The first-order valence-electron chi connectivity index (χ1n) is 8.98. The van der Waals surface area contributed by atoms with Gasteiger partial charge in [0.15, 0.2) is 8.32 Å². The van der Waals surface area contributed by atoms with Crippen molar-refractivity contribution >= 4 is 20.5 Å². The fourth-order valence-electron chi connectivity index (χ4n) is 4.52. The minimum Gasteiger partial charge on any atom is -0.465 e. The molecule has 7 nitrogen and oxygen atoms in total. The minimum atomic E-state index is -1.89. The van der Waals surface area contributed by atoms with Crippen LogP contribution < -0.4 is 0 Å². The Morgan fingerprint density at radius 3 is 2.17 bits per heavy atom. The van der Waals surface area contributed by atoms with Gasteiger partial charge in [0.1, 0.15) is 0 Å². The monoisotopic (exact) mass is 358 g/mol. The molecule has 0 radical (unpaired) electrons. The van der Waals surface area contributed by atoms with Gasteiger partial charge in [-0.25, -0.2) is 9.59 Å². The summed E-state index contributed by atoms with van der Waals surface area (Å²) in [6, 6.07) is 2.01. The first-order valence-corrected chi connectivity index (χ1v) is 11.5. The van der Waals surface area contributed by atoms with E-state index in [0.29, 0.717) is 6.42 Å². The quantitative estimate of drug-likeness (QED) is 0.711. The number of piperazine rings is 1. The average Bonchev–Trinajstić information content (AvgIpc) is 2.86. The number of carboxylic acid groups (broad SMARTS) is 2. The predicted octanol–water partition coefficient (Wildman–Crippen LogP) is 3.27. The molecule has 0 aliphatic carbocycles. The van der Waals surface area contributed by atoms with Gasteiger partial charge in [-0.15, -0.1) is 0 Å². The van der Waals surface area contributed by atoms with Crippen LogP contribution in [-0.2, 0) is 4.43 Å². The highest BCUT2D eigenvalue weighted by molar-refractivity contribution is 6.73. The van der Waals surface area contributed by atoms with Gasteiger partial charge in [-0.05, 0) is 37.9 Å². The highest BCUT2D eigenvalue weighted by Gasteiger charge is 2.52. The second-order valence-corrected chi connectivity index (χ2v) is 11.7. The molecule has 0 saturated carbocycles. The van der Waals surface area contributed by atoms with Crippen molar-refractivity contribution in [3.8, 4) is 0 Å². The largest absolute Gasteiger partial charge is 0.465 e. The summed E-state index contributed by atoms with van der Waals surface area (Å²) in [5.41, 5.74) is 0. The summed E-state index contributed by atoms with van der Waals surface area (Å²) in [4.78, 5) is 26.3. The molecule has 2 aliphatic heterocycles. The third kappa shape index (κ3) is 3.26. The maximum Gasteiger partial charge on any atom is 0.407 e. The summed E-state index contributed by atoms with van der Waals surface area (Å²) < 4.78 is 6.50. The van der Waals surface area contributed by atoms with E-state index in [2.05, 4.69) is 20.8 Å². The second-order valence-electron chi connectivity index (χ2n) is 6.98. The van der Waals surface area contributed by atoms with Crippen LogP contribution in [0, 0.1) is 0 Å². The maximum absolute atomic E-state index is 11.8. The van der Waals surface area contributed by atoms with Crippen molar-refractivity contribution in [2.45, 2.75) is 82.9 Å².